The van der Waals surface area contributed by atoms with Crippen LogP contribution in [0.3, 0.4) is 0 Å². The Morgan fingerprint density at radius 1 is 1.12 bits per heavy atom. The van der Waals surface area contributed by atoms with Crippen molar-refractivity contribution in [2.45, 2.75) is 33.3 Å². The Balaban J connectivity index is 1.59. The first-order valence-corrected chi connectivity index (χ1v) is 9.62. The average Bonchev–Trinajstić information content (AvgIpc) is 2.81. The lowest BCUT2D eigenvalue weighted by molar-refractivity contribution is -0.00509. The van der Waals surface area contributed by atoms with Crippen LogP contribution in [0.15, 0.2) is 6.07 Å². The van der Waals surface area contributed by atoms with Crippen molar-refractivity contribution in [2.24, 2.45) is 0 Å². The van der Waals surface area contributed by atoms with Crippen LogP contribution in [0, 0.1) is 20.8 Å². The van der Waals surface area contributed by atoms with Gasteiger partial charge < -0.3 is 14.4 Å². The molecule has 0 amide bonds. The summed E-state index contributed by atoms with van der Waals surface area (Å²) < 4.78 is 13.6. The number of aromatic nitrogens is 3. The molecular weight excluding hydrogens is 330 g/mol. The van der Waals surface area contributed by atoms with E-state index in [1.807, 2.05) is 4.52 Å². The molecule has 0 N–H and O–H groups in total. The molecule has 26 heavy (non-hydrogen) atoms. The Kier molecular flexibility index (Phi) is 5.11. The highest BCUT2D eigenvalue weighted by molar-refractivity contribution is 5.57. The number of aryl methyl sites for hydroxylation is 3. The number of rotatable bonds is 3. The zero-order valence-electron chi connectivity index (χ0n) is 16.1. The Bertz CT molecular complexity index is 769. The Hall–Kier alpha value is -1.70. The second-order valence-corrected chi connectivity index (χ2v) is 7.41. The van der Waals surface area contributed by atoms with Crippen LogP contribution in [0.2, 0.25) is 0 Å². The van der Waals surface area contributed by atoms with E-state index >= 15 is 0 Å². The number of nitrogens with zero attached hydrogens (tertiary/aromatic N) is 5. The van der Waals surface area contributed by atoms with Gasteiger partial charge in [0.05, 0.1) is 25.0 Å². The molecule has 0 saturated carbocycles. The van der Waals surface area contributed by atoms with Crippen LogP contribution in [-0.2, 0) is 9.47 Å². The predicted octanol–water partition coefficient (Wildman–Crippen LogP) is 1.58. The summed E-state index contributed by atoms with van der Waals surface area (Å²) in [6.45, 7) is 13.5. The molecule has 0 aliphatic carbocycles. The first-order valence-electron chi connectivity index (χ1n) is 9.62. The minimum atomic E-state index is 0.205. The number of anilines is 1. The Morgan fingerprint density at radius 3 is 2.73 bits per heavy atom. The molecule has 2 aromatic rings. The fourth-order valence-corrected chi connectivity index (χ4v) is 3.84. The molecule has 2 aliphatic heterocycles. The van der Waals surface area contributed by atoms with Crippen molar-refractivity contribution in [1.82, 2.24) is 19.5 Å². The largest absolute Gasteiger partial charge is 0.379 e. The van der Waals surface area contributed by atoms with Gasteiger partial charge >= 0.3 is 0 Å². The minimum absolute atomic E-state index is 0.205. The van der Waals surface area contributed by atoms with Gasteiger partial charge in [0.2, 0.25) is 0 Å². The molecule has 4 rings (SSSR count). The smallest absolute Gasteiger partial charge is 0.160 e. The molecule has 0 bridgehead atoms. The van der Waals surface area contributed by atoms with Crippen molar-refractivity contribution in [3.8, 4) is 0 Å². The van der Waals surface area contributed by atoms with Gasteiger partial charge in [0, 0.05) is 56.7 Å². The molecule has 0 aromatic carbocycles. The molecule has 7 nitrogen and oxygen atoms in total. The fraction of sp³-hybridized carbons (Fsp3) is 0.684. The van der Waals surface area contributed by atoms with Gasteiger partial charge in [0.1, 0.15) is 5.82 Å². The molecule has 2 aliphatic rings. The van der Waals surface area contributed by atoms with Crippen LogP contribution >= 0.6 is 0 Å². The first-order chi connectivity index (χ1) is 12.6. The van der Waals surface area contributed by atoms with Gasteiger partial charge in [-0.15, -0.1) is 0 Å². The highest BCUT2D eigenvalue weighted by Crippen LogP contribution is 2.23. The molecule has 1 atom stereocenters. The van der Waals surface area contributed by atoms with Crippen LogP contribution < -0.4 is 4.90 Å². The highest BCUT2D eigenvalue weighted by Gasteiger charge is 2.25. The third kappa shape index (κ3) is 3.56. The summed E-state index contributed by atoms with van der Waals surface area (Å²) in [4.78, 5) is 9.58. The number of hydrogen-bond donors (Lipinski definition) is 0. The Labute approximate surface area is 154 Å². The summed E-state index contributed by atoms with van der Waals surface area (Å²) in [7, 11) is 0. The second-order valence-electron chi connectivity index (χ2n) is 7.41. The molecule has 0 unspecified atom stereocenters. The molecule has 0 spiro atoms. The first kappa shape index (κ1) is 17.7. The van der Waals surface area contributed by atoms with E-state index in [0.717, 1.165) is 87.4 Å². The van der Waals surface area contributed by atoms with E-state index in [2.05, 4.69) is 36.6 Å². The van der Waals surface area contributed by atoms with Gasteiger partial charge in [-0.2, -0.15) is 9.61 Å². The van der Waals surface area contributed by atoms with Crippen LogP contribution in [0.5, 0.6) is 0 Å². The zero-order valence-corrected chi connectivity index (χ0v) is 16.1. The van der Waals surface area contributed by atoms with E-state index in [4.69, 9.17) is 19.6 Å². The van der Waals surface area contributed by atoms with Crippen molar-refractivity contribution >= 4 is 11.5 Å². The molecule has 4 heterocycles. The summed E-state index contributed by atoms with van der Waals surface area (Å²) in [5.74, 6) is 1.13. The van der Waals surface area contributed by atoms with Crippen molar-refractivity contribution in [2.75, 3.05) is 57.4 Å². The van der Waals surface area contributed by atoms with Crippen molar-refractivity contribution < 1.29 is 9.47 Å². The van der Waals surface area contributed by atoms with Gasteiger partial charge in [-0.25, -0.2) is 4.98 Å². The van der Waals surface area contributed by atoms with Crippen LogP contribution in [0.1, 0.15) is 23.4 Å². The quantitative estimate of drug-likeness (QED) is 0.829. The van der Waals surface area contributed by atoms with E-state index < -0.39 is 0 Å². The van der Waals surface area contributed by atoms with E-state index in [1.54, 1.807) is 0 Å². The number of ether oxygens (including phenoxy) is 2. The van der Waals surface area contributed by atoms with Crippen molar-refractivity contribution in [3.63, 3.8) is 0 Å². The molecule has 0 radical (unpaired) electrons. The van der Waals surface area contributed by atoms with E-state index in [1.165, 1.54) is 0 Å². The number of fused-ring (bicyclic) bond motifs is 1. The van der Waals surface area contributed by atoms with E-state index in [0.29, 0.717) is 0 Å². The summed E-state index contributed by atoms with van der Waals surface area (Å²) in [5.41, 5.74) is 4.20. The monoisotopic (exact) mass is 359 g/mol. The minimum Gasteiger partial charge on any atom is -0.379 e. The lowest BCUT2D eigenvalue weighted by Gasteiger charge is -2.32. The highest BCUT2D eigenvalue weighted by atomic mass is 16.5. The van der Waals surface area contributed by atoms with Crippen molar-refractivity contribution in [1.29, 1.82) is 0 Å². The molecule has 142 valence electrons. The maximum Gasteiger partial charge on any atom is 0.160 e. The normalized spacial score (nSPS) is 22.7. The second kappa shape index (κ2) is 7.50. The zero-order chi connectivity index (χ0) is 18.1. The summed E-state index contributed by atoms with van der Waals surface area (Å²) in [6.07, 6.45) is 1.23. The summed E-state index contributed by atoms with van der Waals surface area (Å²) in [6, 6.07) is 2.15. The van der Waals surface area contributed by atoms with E-state index in [9.17, 15) is 0 Å². The molecule has 2 aromatic heterocycles. The van der Waals surface area contributed by atoms with E-state index in [-0.39, 0.29) is 6.10 Å². The number of morpholine rings is 1. The van der Waals surface area contributed by atoms with Gasteiger partial charge in [-0.1, -0.05) is 0 Å². The standard InChI is InChI=1S/C19H29N5O2/c1-14-11-18(24-19(20-14)15(2)16(3)21-24)23-5-4-8-26-17(13-23)12-22-6-9-25-10-7-22/h11,17H,4-10,12-13H2,1-3H3/t17-/m0/s1. The van der Waals surface area contributed by atoms with Gasteiger partial charge in [0.15, 0.2) is 5.65 Å². The molecule has 2 saturated heterocycles. The van der Waals surface area contributed by atoms with Crippen LogP contribution in [0.25, 0.3) is 5.65 Å². The topological polar surface area (TPSA) is 55.1 Å². The predicted molar refractivity (Wildman–Crippen MR) is 101 cm³/mol. The average molecular weight is 359 g/mol. The lowest BCUT2D eigenvalue weighted by Crippen LogP contribution is -2.45. The molecular formula is C19H29N5O2. The number of hydrogen-bond acceptors (Lipinski definition) is 6. The third-order valence-electron chi connectivity index (χ3n) is 5.41. The Morgan fingerprint density at radius 2 is 1.92 bits per heavy atom. The van der Waals surface area contributed by atoms with Crippen molar-refractivity contribution in [3.05, 3.63) is 23.0 Å². The maximum absolute atomic E-state index is 6.16. The van der Waals surface area contributed by atoms with Crippen LogP contribution in [-0.4, -0.2) is 78.1 Å². The summed E-state index contributed by atoms with van der Waals surface area (Å²) in [5, 5.41) is 4.75. The van der Waals surface area contributed by atoms with Crippen LogP contribution in [0.4, 0.5) is 5.82 Å². The lowest BCUT2D eigenvalue weighted by atomic mass is 10.2. The molecule has 7 heteroatoms. The molecule has 2 fully saturated rings. The SMILES string of the molecule is Cc1cc(N2CCCO[C@@H](CN3CCOCC3)C2)n2nc(C)c(C)c2n1. The maximum atomic E-state index is 6.16. The van der Waals surface area contributed by atoms with Gasteiger partial charge in [0.25, 0.3) is 0 Å². The fourth-order valence-electron chi connectivity index (χ4n) is 3.84. The van der Waals surface area contributed by atoms with Gasteiger partial charge in [-0.3, -0.25) is 4.90 Å². The third-order valence-corrected chi connectivity index (χ3v) is 5.41. The summed E-state index contributed by atoms with van der Waals surface area (Å²) >= 11 is 0. The van der Waals surface area contributed by atoms with Gasteiger partial charge in [-0.05, 0) is 27.2 Å².